The fourth-order valence-corrected chi connectivity index (χ4v) is 5.10. The van der Waals surface area contributed by atoms with Gasteiger partial charge in [0.25, 0.3) is 0 Å². The van der Waals surface area contributed by atoms with Crippen LogP contribution in [0.5, 0.6) is 0 Å². The molecule has 3 nitrogen and oxygen atoms in total. The van der Waals surface area contributed by atoms with Crippen LogP contribution in [0, 0.1) is 13.8 Å². The molecule has 4 rings (SSSR count). The molecule has 0 bridgehead atoms. The summed E-state index contributed by atoms with van der Waals surface area (Å²) in [6, 6.07) is 8.48. The molecule has 0 saturated carbocycles. The first kappa shape index (κ1) is 18.2. The Morgan fingerprint density at radius 3 is 2.52 bits per heavy atom. The summed E-state index contributed by atoms with van der Waals surface area (Å²) >= 11 is 1.94. The van der Waals surface area contributed by atoms with Crippen molar-refractivity contribution in [2.75, 3.05) is 0 Å². The van der Waals surface area contributed by atoms with Crippen molar-refractivity contribution in [3.63, 3.8) is 0 Å². The van der Waals surface area contributed by atoms with Crippen molar-refractivity contribution >= 4 is 33.4 Å². The van der Waals surface area contributed by atoms with Gasteiger partial charge in [0.2, 0.25) is 16.4 Å². The van der Waals surface area contributed by atoms with Crippen LogP contribution in [0.25, 0.3) is 27.8 Å². The highest BCUT2D eigenvalue weighted by atomic mass is 32.1. The van der Waals surface area contributed by atoms with E-state index in [1.165, 1.54) is 26.8 Å². The summed E-state index contributed by atoms with van der Waals surface area (Å²) in [6.45, 7) is 15.9. The standard InChI is InChI=1S/C23H27N2OS/c1-13(2)20-15(4)25(22(27-20)23(5,6)7)18-12-17-16-9-8-10-24-21(16)26-19(17)11-14(18)3/h8-13H,1-7H3/q+1. The second-order valence-corrected chi connectivity index (χ2v) is 9.72. The first-order chi connectivity index (χ1) is 12.7. The second-order valence-electron chi connectivity index (χ2n) is 8.69. The first-order valence-corrected chi connectivity index (χ1v) is 10.3. The van der Waals surface area contributed by atoms with Gasteiger partial charge in [-0.2, -0.15) is 4.57 Å². The lowest BCUT2D eigenvalue weighted by Crippen LogP contribution is -2.41. The van der Waals surface area contributed by atoms with Crippen LogP contribution in [-0.4, -0.2) is 4.98 Å². The number of hydrogen-bond acceptors (Lipinski definition) is 3. The average molecular weight is 380 g/mol. The first-order valence-electron chi connectivity index (χ1n) is 9.52. The molecule has 140 valence electrons. The van der Waals surface area contributed by atoms with E-state index in [2.05, 4.69) is 76.2 Å². The Hall–Kier alpha value is -2.20. The van der Waals surface area contributed by atoms with E-state index >= 15 is 0 Å². The Morgan fingerprint density at radius 1 is 1.11 bits per heavy atom. The van der Waals surface area contributed by atoms with E-state index in [9.17, 15) is 0 Å². The van der Waals surface area contributed by atoms with E-state index in [-0.39, 0.29) is 5.41 Å². The Kier molecular flexibility index (Phi) is 4.15. The smallest absolute Gasteiger partial charge is 0.248 e. The van der Waals surface area contributed by atoms with E-state index < -0.39 is 0 Å². The topological polar surface area (TPSA) is 29.9 Å². The van der Waals surface area contributed by atoms with Gasteiger partial charge in [-0.25, -0.2) is 4.98 Å². The van der Waals surface area contributed by atoms with Crippen molar-refractivity contribution in [2.45, 2.75) is 59.8 Å². The SMILES string of the molecule is Cc1cc2oc3ncccc3c2cc1-[n+]1c(C(C)(C)C)sc(C(C)C)c1C. The summed E-state index contributed by atoms with van der Waals surface area (Å²) in [7, 11) is 0. The molecule has 0 N–H and O–H groups in total. The fraction of sp³-hybridized carbons (Fsp3) is 0.391. The zero-order valence-electron chi connectivity index (χ0n) is 17.2. The van der Waals surface area contributed by atoms with E-state index in [1.807, 2.05) is 17.4 Å². The van der Waals surface area contributed by atoms with Gasteiger partial charge in [-0.1, -0.05) is 25.2 Å². The zero-order chi connectivity index (χ0) is 19.5. The number of aryl methyl sites for hydroxylation is 1. The van der Waals surface area contributed by atoms with Crippen LogP contribution in [-0.2, 0) is 5.41 Å². The monoisotopic (exact) mass is 379 g/mol. The molecular formula is C23H27N2OS+. The number of aromatic nitrogens is 2. The van der Waals surface area contributed by atoms with Crippen LogP contribution in [0.2, 0.25) is 0 Å². The lowest BCUT2D eigenvalue weighted by molar-refractivity contribution is -0.609. The Labute approximate surface area is 164 Å². The maximum absolute atomic E-state index is 5.98. The molecule has 0 atom stereocenters. The van der Waals surface area contributed by atoms with E-state index in [4.69, 9.17) is 4.42 Å². The molecule has 3 aromatic heterocycles. The maximum atomic E-state index is 5.98. The summed E-state index contributed by atoms with van der Waals surface area (Å²) in [5.74, 6) is 0.514. The lowest BCUT2D eigenvalue weighted by Gasteiger charge is -2.13. The molecule has 1 aromatic carbocycles. The normalized spacial score (nSPS) is 12.6. The number of nitrogens with zero attached hydrogens (tertiary/aromatic N) is 2. The minimum Gasteiger partial charge on any atom is -0.438 e. The molecule has 0 aliphatic heterocycles. The largest absolute Gasteiger partial charge is 0.438 e. The molecule has 0 aliphatic carbocycles. The van der Waals surface area contributed by atoms with Gasteiger partial charge < -0.3 is 4.42 Å². The predicted octanol–water partition coefficient (Wildman–Crippen LogP) is 6.36. The number of furan rings is 1. The summed E-state index contributed by atoms with van der Waals surface area (Å²) < 4.78 is 8.44. The molecule has 4 heteroatoms. The zero-order valence-corrected chi connectivity index (χ0v) is 18.0. The van der Waals surface area contributed by atoms with Crippen molar-refractivity contribution in [3.8, 4) is 5.69 Å². The van der Waals surface area contributed by atoms with Crippen LogP contribution in [0.15, 0.2) is 34.9 Å². The summed E-state index contributed by atoms with van der Waals surface area (Å²) in [6.07, 6.45) is 1.78. The van der Waals surface area contributed by atoms with Gasteiger partial charge in [0.05, 0.1) is 10.3 Å². The van der Waals surface area contributed by atoms with E-state index in [0.717, 1.165) is 16.4 Å². The van der Waals surface area contributed by atoms with Crippen molar-refractivity contribution in [1.29, 1.82) is 0 Å². The molecule has 0 fully saturated rings. The molecule has 0 saturated heterocycles. The van der Waals surface area contributed by atoms with Gasteiger partial charge >= 0.3 is 0 Å². The molecule has 0 aliphatic rings. The molecule has 3 heterocycles. The minimum absolute atomic E-state index is 0.0734. The summed E-state index contributed by atoms with van der Waals surface area (Å²) in [5, 5.41) is 3.59. The number of benzene rings is 1. The molecule has 27 heavy (non-hydrogen) atoms. The Bertz CT molecular complexity index is 1160. The highest BCUT2D eigenvalue weighted by Gasteiger charge is 2.35. The molecule has 0 radical (unpaired) electrons. The lowest BCUT2D eigenvalue weighted by atomic mass is 9.97. The Morgan fingerprint density at radius 2 is 1.85 bits per heavy atom. The highest BCUT2D eigenvalue weighted by molar-refractivity contribution is 7.11. The molecule has 0 spiro atoms. The third kappa shape index (κ3) is 2.87. The maximum Gasteiger partial charge on any atom is 0.248 e. The summed E-state index contributed by atoms with van der Waals surface area (Å²) in [5.41, 5.74) is 5.47. The Balaban J connectivity index is 2.07. The van der Waals surface area contributed by atoms with Gasteiger partial charge in [0.1, 0.15) is 5.58 Å². The van der Waals surface area contributed by atoms with E-state index in [0.29, 0.717) is 11.6 Å². The van der Waals surface area contributed by atoms with Gasteiger partial charge in [-0.05, 0) is 51.8 Å². The van der Waals surface area contributed by atoms with Crippen LogP contribution in [0.3, 0.4) is 0 Å². The fourth-order valence-electron chi connectivity index (χ4n) is 3.79. The van der Waals surface area contributed by atoms with Gasteiger partial charge in [0.15, 0.2) is 5.69 Å². The number of hydrogen-bond donors (Lipinski definition) is 0. The average Bonchev–Trinajstić information content (AvgIpc) is 3.11. The highest BCUT2D eigenvalue weighted by Crippen LogP contribution is 2.35. The third-order valence-electron chi connectivity index (χ3n) is 5.07. The third-order valence-corrected chi connectivity index (χ3v) is 7.05. The molecule has 0 unspecified atom stereocenters. The van der Waals surface area contributed by atoms with Crippen molar-refractivity contribution in [2.24, 2.45) is 0 Å². The van der Waals surface area contributed by atoms with Crippen LogP contribution >= 0.6 is 11.3 Å². The molecule has 4 aromatic rings. The van der Waals surface area contributed by atoms with Crippen LogP contribution in [0.1, 0.15) is 61.7 Å². The number of fused-ring (bicyclic) bond motifs is 3. The number of pyridine rings is 1. The number of rotatable bonds is 2. The van der Waals surface area contributed by atoms with Crippen molar-refractivity contribution in [1.82, 2.24) is 4.98 Å². The molecular weight excluding hydrogens is 352 g/mol. The number of thiazole rings is 1. The van der Waals surface area contributed by atoms with Crippen molar-refractivity contribution < 1.29 is 8.98 Å². The van der Waals surface area contributed by atoms with Crippen LogP contribution < -0.4 is 4.57 Å². The van der Waals surface area contributed by atoms with Gasteiger partial charge in [-0.15, -0.1) is 0 Å². The van der Waals surface area contributed by atoms with Crippen molar-refractivity contribution in [3.05, 3.63) is 51.6 Å². The predicted molar refractivity (Wildman–Crippen MR) is 113 cm³/mol. The second kappa shape index (κ2) is 6.16. The van der Waals surface area contributed by atoms with Gasteiger partial charge in [0, 0.05) is 35.5 Å². The van der Waals surface area contributed by atoms with Crippen LogP contribution in [0.4, 0.5) is 0 Å². The minimum atomic E-state index is 0.0734. The molecule has 0 amide bonds. The van der Waals surface area contributed by atoms with E-state index in [1.54, 1.807) is 6.20 Å². The summed E-state index contributed by atoms with van der Waals surface area (Å²) in [4.78, 5) is 5.84. The van der Waals surface area contributed by atoms with Gasteiger partial charge in [-0.3, -0.25) is 0 Å². The quantitative estimate of drug-likeness (QED) is 0.379.